The second kappa shape index (κ2) is 8.64. The first-order valence-electron chi connectivity index (χ1n) is 9.64. The zero-order valence-corrected chi connectivity index (χ0v) is 16.3. The van der Waals surface area contributed by atoms with Gasteiger partial charge < -0.3 is 10.2 Å². The molecule has 29 heavy (non-hydrogen) atoms. The topological polar surface area (TPSA) is 88.8 Å². The van der Waals surface area contributed by atoms with Gasteiger partial charge in [0.25, 0.3) is 0 Å². The van der Waals surface area contributed by atoms with Crippen LogP contribution in [0.2, 0.25) is 0 Å². The summed E-state index contributed by atoms with van der Waals surface area (Å²) in [7, 11) is 1.85. The summed E-state index contributed by atoms with van der Waals surface area (Å²) in [6.07, 6.45) is 12.3. The van der Waals surface area contributed by atoms with Crippen molar-refractivity contribution >= 4 is 23.6 Å². The van der Waals surface area contributed by atoms with Gasteiger partial charge in [-0.05, 0) is 37.1 Å². The minimum Gasteiger partial charge on any atom is -0.338 e. The van der Waals surface area contributed by atoms with Gasteiger partial charge in [0.15, 0.2) is 0 Å². The van der Waals surface area contributed by atoms with E-state index in [1.807, 2.05) is 36.2 Å². The highest BCUT2D eigenvalue weighted by Crippen LogP contribution is 2.26. The normalized spacial score (nSPS) is 16.9. The first kappa shape index (κ1) is 18.8. The molecule has 1 N–H and O–H groups in total. The maximum Gasteiger partial charge on any atom is 0.246 e. The van der Waals surface area contributed by atoms with Gasteiger partial charge in [-0.2, -0.15) is 5.10 Å². The average molecular weight is 389 g/mol. The van der Waals surface area contributed by atoms with Gasteiger partial charge in [0, 0.05) is 44.5 Å². The molecule has 1 fully saturated rings. The summed E-state index contributed by atoms with van der Waals surface area (Å²) in [4.78, 5) is 27.7. The standard InChI is InChI=1S/C21H23N7O/c1-27-17(9-11-25-27)7-8-21(29)28-12-4-5-16(15-28)18-13-24-20(14-23-18)26-19-6-2-3-10-22-19/h2-3,6-11,13-14,16H,4-5,12,15H2,1H3,(H,22,24,26). The third-order valence-corrected chi connectivity index (χ3v) is 5.00. The Bertz CT molecular complexity index is 982. The maximum atomic E-state index is 12.6. The second-order valence-electron chi connectivity index (χ2n) is 7.00. The highest BCUT2D eigenvalue weighted by molar-refractivity contribution is 5.91. The van der Waals surface area contributed by atoms with E-state index >= 15 is 0 Å². The van der Waals surface area contributed by atoms with Crippen molar-refractivity contribution in [2.24, 2.45) is 7.05 Å². The number of aromatic nitrogens is 5. The van der Waals surface area contributed by atoms with Crippen LogP contribution in [0.15, 0.2) is 55.1 Å². The minimum atomic E-state index is 0.0114. The molecule has 0 aliphatic carbocycles. The molecular weight excluding hydrogens is 366 g/mol. The maximum absolute atomic E-state index is 12.6. The molecule has 4 rings (SSSR count). The van der Waals surface area contributed by atoms with Gasteiger partial charge >= 0.3 is 0 Å². The van der Waals surface area contributed by atoms with Crippen molar-refractivity contribution in [1.29, 1.82) is 0 Å². The lowest BCUT2D eigenvalue weighted by Crippen LogP contribution is -2.38. The van der Waals surface area contributed by atoms with E-state index in [1.54, 1.807) is 41.6 Å². The molecule has 0 saturated carbocycles. The molecule has 4 heterocycles. The van der Waals surface area contributed by atoms with E-state index in [0.717, 1.165) is 36.6 Å². The fraction of sp³-hybridized carbons (Fsp3) is 0.286. The van der Waals surface area contributed by atoms with E-state index in [9.17, 15) is 4.79 Å². The summed E-state index contributed by atoms with van der Waals surface area (Å²) >= 11 is 0. The Kier molecular flexibility index (Phi) is 5.60. The first-order valence-corrected chi connectivity index (χ1v) is 9.64. The van der Waals surface area contributed by atoms with Crippen LogP contribution in [0.25, 0.3) is 6.08 Å². The van der Waals surface area contributed by atoms with Crippen molar-refractivity contribution in [3.63, 3.8) is 0 Å². The monoisotopic (exact) mass is 389 g/mol. The van der Waals surface area contributed by atoms with Crippen LogP contribution in [0.1, 0.15) is 30.1 Å². The first-order chi connectivity index (χ1) is 14.2. The Labute approximate surface area is 169 Å². The van der Waals surface area contributed by atoms with Crippen LogP contribution in [0.4, 0.5) is 11.6 Å². The number of piperidine rings is 1. The molecule has 0 spiro atoms. The fourth-order valence-corrected chi connectivity index (χ4v) is 3.41. The van der Waals surface area contributed by atoms with Crippen LogP contribution in [0.3, 0.4) is 0 Å². The molecule has 0 bridgehead atoms. The SMILES string of the molecule is Cn1nccc1C=CC(=O)N1CCCC(c2cnc(Nc3ccccn3)cn2)C1. The quantitative estimate of drug-likeness (QED) is 0.675. The number of rotatable bonds is 5. The van der Waals surface area contributed by atoms with Crippen LogP contribution in [0.5, 0.6) is 0 Å². The van der Waals surface area contributed by atoms with Gasteiger partial charge in [0.05, 0.1) is 23.8 Å². The number of nitrogens with one attached hydrogen (secondary N) is 1. The number of nitrogens with zero attached hydrogens (tertiary/aromatic N) is 6. The zero-order chi connectivity index (χ0) is 20.1. The second-order valence-corrected chi connectivity index (χ2v) is 7.00. The van der Waals surface area contributed by atoms with Crippen molar-refractivity contribution in [2.75, 3.05) is 18.4 Å². The lowest BCUT2D eigenvalue weighted by molar-refractivity contribution is -0.127. The van der Waals surface area contributed by atoms with Crippen molar-refractivity contribution in [1.82, 2.24) is 29.6 Å². The summed E-state index contributed by atoms with van der Waals surface area (Å²) in [6.45, 7) is 1.41. The number of amides is 1. The third kappa shape index (κ3) is 4.66. The van der Waals surface area contributed by atoms with Crippen LogP contribution >= 0.6 is 0 Å². The highest BCUT2D eigenvalue weighted by Gasteiger charge is 2.24. The van der Waals surface area contributed by atoms with Gasteiger partial charge in [0.1, 0.15) is 11.6 Å². The van der Waals surface area contributed by atoms with Crippen molar-refractivity contribution in [2.45, 2.75) is 18.8 Å². The average Bonchev–Trinajstić information content (AvgIpc) is 3.18. The smallest absolute Gasteiger partial charge is 0.246 e. The van der Waals surface area contributed by atoms with Gasteiger partial charge in [0.2, 0.25) is 5.91 Å². The largest absolute Gasteiger partial charge is 0.338 e. The van der Waals surface area contributed by atoms with Crippen LogP contribution in [-0.2, 0) is 11.8 Å². The molecule has 0 radical (unpaired) electrons. The number of likely N-dealkylation sites (tertiary alicyclic amines) is 1. The number of aryl methyl sites for hydroxylation is 1. The van der Waals surface area contributed by atoms with E-state index in [1.165, 1.54) is 0 Å². The van der Waals surface area contributed by atoms with Gasteiger partial charge in [-0.15, -0.1) is 0 Å². The Balaban J connectivity index is 1.38. The molecule has 0 aromatic carbocycles. The summed E-state index contributed by atoms with van der Waals surface area (Å²) in [5.41, 5.74) is 1.80. The Morgan fingerprint density at radius 3 is 2.79 bits per heavy atom. The van der Waals surface area contributed by atoms with E-state index in [-0.39, 0.29) is 11.8 Å². The predicted molar refractivity (Wildman–Crippen MR) is 110 cm³/mol. The van der Waals surface area contributed by atoms with E-state index in [0.29, 0.717) is 12.4 Å². The van der Waals surface area contributed by atoms with Gasteiger partial charge in [-0.1, -0.05) is 6.07 Å². The van der Waals surface area contributed by atoms with Gasteiger partial charge in [-0.25, -0.2) is 9.97 Å². The highest BCUT2D eigenvalue weighted by atomic mass is 16.2. The fourth-order valence-electron chi connectivity index (χ4n) is 3.41. The number of carbonyl (C=O) groups excluding carboxylic acids is 1. The molecular formula is C21H23N7O. The molecule has 1 aliphatic rings. The van der Waals surface area contributed by atoms with Crippen LogP contribution in [-0.4, -0.2) is 48.6 Å². The lowest BCUT2D eigenvalue weighted by atomic mass is 9.95. The van der Waals surface area contributed by atoms with Crippen LogP contribution < -0.4 is 5.32 Å². The molecule has 1 atom stereocenters. The molecule has 1 amide bonds. The molecule has 3 aromatic rings. The Morgan fingerprint density at radius 1 is 1.14 bits per heavy atom. The number of pyridine rings is 1. The number of carbonyl (C=O) groups is 1. The molecule has 1 unspecified atom stereocenters. The third-order valence-electron chi connectivity index (χ3n) is 5.00. The summed E-state index contributed by atoms with van der Waals surface area (Å²) in [5, 5.41) is 7.24. The van der Waals surface area contributed by atoms with Crippen LogP contribution in [0, 0.1) is 0 Å². The van der Waals surface area contributed by atoms with E-state index < -0.39 is 0 Å². The van der Waals surface area contributed by atoms with E-state index in [4.69, 9.17) is 0 Å². The molecule has 1 saturated heterocycles. The molecule has 1 aliphatic heterocycles. The van der Waals surface area contributed by atoms with Crippen molar-refractivity contribution in [3.05, 3.63) is 66.5 Å². The Morgan fingerprint density at radius 2 is 2.07 bits per heavy atom. The van der Waals surface area contributed by atoms with Gasteiger partial charge in [-0.3, -0.25) is 14.5 Å². The summed E-state index contributed by atoms with van der Waals surface area (Å²) in [5.74, 6) is 1.58. The summed E-state index contributed by atoms with van der Waals surface area (Å²) in [6, 6.07) is 7.52. The molecule has 148 valence electrons. The number of hydrogen-bond donors (Lipinski definition) is 1. The predicted octanol–water partition coefficient (Wildman–Crippen LogP) is 2.77. The zero-order valence-electron chi connectivity index (χ0n) is 16.3. The lowest BCUT2D eigenvalue weighted by Gasteiger charge is -2.31. The Hall–Kier alpha value is -3.55. The van der Waals surface area contributed by atoms with Crippen molar-refractivity contribution in [3.8, 4) is 0 Å². The number of hydrogen-bond acceptors (Lipinski definition) is 6. The molecule has 3 aromatic heterocycles. The number of anilines is 2. The molecule has 8 nitrogen and oxygen atoms in total. The summed E-state index contributed by atoms with van der Waals surface area (Å²) < 4.78 is 1.74. The minimum absolute atomic E-state index is 0.0114. The molecule has 8 heteroatoms. The van der Waals surface area contributed by atoms with E-state index in [2.05, 4.69) is 25.4 Å². The van der Waals surface area contributed by atoms with Crippen molar-refractivity contribution < 1.29 is 4.79 Å².